The van der Waals surface area contributed by atoms with Crippen LogP contribution in [0, 0.1) is 0 Å². The first-order valence-corrected chi connectivity index (χ1v) is 9.43. The Morgan fingerprint density at radius 2 is 2.00 bits per heavy atom. The molecule has 0 N–H and O–H groups in total. The molecule has 0 unspecified atom stereocenters. The highest BCUT2D eigenvalue weighted by molar-refractivity contribution is 9.10. The molecule has 1 aromatic heterocycles. The van der Waals surface area contributed by atoms with Crippen LogP contribution in [0.1, 0.15) is 25.1 Å². The van der Waals surface area contributed by atoms with Gasteiger partial charge in [0, 0.05) is 22.0 Å². The molecule has 3 rings (SSSR count). The number of rotatable bonds is 7. The lowest BCUT2D eigenvalue weighted by Crippen LogP contribution is -2.09. The quantitative estimate of drug-likeness (QED) is 0.531. The first kappa shape index (κ1) is 18.5. The van der Waals surface area contributed by atoms with Gasteiger partial charge >= 0.3 is 5.97 Å². The lowest BCUT2D eigenvalue weighted by atomic mass is 10.1. The van der Waals surface area contributed by atoms with Crippen molar-refractivity contribution in [2.75, 3.05) is 6.61 Å². The van der Waals surface area contributed by atoms with Crippen LogP contribution in [0.2, 0.25) is 0 Å². The predicted molar refractivity (Wildman–Crippen MR) is 104 cm³/mol. The van der Waals surface area contributed by atoms with Crippen molar-refractivity contribution in [3.8, 4) is 5.75 Å². The second kappa shape index (κ2) is 8.36. The summed E-state index contributed by atoms with van der Waals surface area (Å²) in [5.74, 6) is 0.419. The summed E-state index contributed by atoms with van der Waals surface area (Å²) in [6, 6.07) is 13.6. The van der Waals surface area contributed by atoms with E-state index in [0.29, 0.717) is 19.0 Å². The maximum atomic E-state index is 11.8. The highest BCUT2D eigenvalue weighted by atomic mass is 79.9. The van der Waals surface area contributed by atoms with Crippen molar-refractivity contribution in [1.82, 2.24) is 9.78 Å². The molecular formula is C20H21BrN2O3. The number of carbonyl (C=O) groups excluding carboxylic acids is 1. The van der Waals surface area contributed by atoms with Crippen LogP contribution in [-0.2, 0) is 29.1 Å². The summed E-state index contributed by atoms with van der Waals surface area (Å²) >= 11 is 3.52. The van der Waals surface area contributed by atoms with Crippen molar-refractivity contribution in [2.45, 2.75) is 33.4 Å². The van der Waals surface area contributed by atoms with Crippen LogP contribution in [-0.4, -0.2) is 22.4 Å². The highest BCUT2D eigenvalue weighted by Gasteiger charge is 2.13. The third-order valence-electron chi connectivity index (χ3n) is 4.07. The number of esters is 1. The summed E-state index contributed by atoms with van der Waals surface area (Å²) < 4.78 is 14.0. The van der Waals surface area contributed by atoms with Crippen LogP contribution in [0.4, 0.5) is 0 Å². The second-order valence-electron chi connectivity index (χ2n) is 5.80. The second-order valence-corrected chi connectivity index (χ2v) is 6.72. The van der Waals surface area contributed by atoms with Gasteiger partial charge in [0.05, 0.1) is 18.5 Å². The minimum absolute atomic E-state index is 0.194. The first-order valence-electron chi connectivity index (χ1n) is 8.63. The fourth-order valence-electron chi connectivity index (χ4n) is 2.87. The molecule has 0 atom stereocenters. The summed E-state index contributed by atoms with van der Waals surface area (Å²) in [6.45, 7) is 5.36. The predicted octanol–water partition coefficient (Wildman–Crippen LogP) is 4.50. The van der Waals surface area contributed by atoms with Crippen molar-refractivity contribution in [2.24, 2.45) is 0 Å². The van der Waals surface area contributed by atoms with Crippen LogP contribution in [0.5, 0.6) is 5.75 Å². The molecule has 6 heteroatoms. The molecule has 3 aromatic rings. The summed E-state index contributed by atoms with van der Waals surface area (Å²) in [5, 5.41) is 5.72. The van der Waals surface area contributed by atoms with E-state index in [1.807, 2.05) is 41.1 Å². The van der Waals surface area contributed by atoms with Crippen molar-refractivity contribution in [1.29, 1.82) is 0 Å². The Morgan fingerprint density at radius 1 is 1.19 bits per heavy atom. The Kier molecular flexibility index (Phi) is 5.93. The number of hydrogen-bond acceptors (Lipinski definition) is 4. The molecule has 0 aliphatic carbocycles. The topological polar surface area (TPSA) is 53.4 Å². The molecule has 0 bridgehead atoms. The van der Waals surface area contributed by atoms with Crippen molar-refractivity contribution in [3.05, 3.63) is 58.2 Å². The average molecular weight is 417 g/mol. The van der Waals surface area contributed by atoms with Crippen LogP contribution >= 0.6 is 15.9 Å². The summed E-state index contributed by atoms with van der Waals surface area (Å²) in [4.78, 5) is 11.8. The largest absolute Gasteiger partial charge is 0.487 e. The fraction of sp³-hybridized carbons (Fsp3) is 0.300. The van der Waals surface area contributed by atoms with Gasteiger partial charge in [-0.1, -0.05) is 34.1 Å². The summed E-state index contributed by atoms with van der Waals surface area (Å²) in [6.07, 6.45) is 0.194. The van der Waals surface area contributed by atoms with Crippen molar-refractivity contribution in [3.63, 3.8) is 0 Å². The van der Waals surface area contributed by atoms with Crippen LogP contribution in [0.3, 0.4) is 0 Å². The average Bonchev–Trinajstić information content (AvgIpc) is 2.98. The Labute approximate surface area is 161 Å². The van der Waals surface area contributed by atoms with Gasteiger partial charge in [0.15, 0.2) is 0 Å². The number of aromatic nitrogens is 2. The highest BCUT2D eigenvalue weighted by Crippen LogP contribution is 2.26. The zero-order chi connectivity index (χ0) is 18.5. The van der Waals surface area contributed by atoms with Crippen LogP contribution in [0.25, 0.3) is 10.9 Å². The summed E-state index contributed by atoms with van der Waals surface area (Å²) in [5.41, 5.74) is 2.76. The van der Waals surface area contributed by atoms with Crippen molar-refractivity contribution < 1.29 is 14.3 Å². The minimum atomic E-state index is -0.256. The van der Waals surface area contributed by atoms with Gasteiger partial charge in [-0.2, -0.15) is 5.10 Å². The van der Waals surface area contributed by atoms with E-state index >= 15 is 0 Å². The lowest BCUT2D eigenvalue weighted by Gasteiger charge is -2.10. The van der Waals surface area contributed by atoms with Crippen LogP contribution < -0.4 is 4.74 Å². The molecule has 26 heavy (non-hydrogen) atoms. The Bertz CT molecular complexity index is 921. The number of aryl methyl sites for hydroxylation is 1. The van der Waals surface area contributed by atoms with Crippen molar-refractivity contribution >= 4 is 32.8 Å². The molecule has 0 aliphatic rings. The van der Waals surface area contributed by atoms with Gasteiger partial charge in [-0.25, -0.2) is 0 Å². The molecule has 0 fully saturated rings. The first-order chi connectivity index (χ1) is 12.6. The van der Waals surface area contributed by atoms with E-state index in [1.54, 1.807) is 6.92 Å². The van der Waals surface area contributed by atoms with Gasteiger partial charge in [0.25, 0.3) is 0 Å². The number of fused-ring (bicyclic) bond motifs is 1. The number of nitrogens with zero attached hydrogens (tertiary/aromatic N) is 2. The number of benzene rings is 2. The van der Waals surface area contributed by atoms with E-state index in [9.17, 15) is 4.79 Å². The number of halogens is 1. The van der Waals surface area contributed by atoms with Gasteiger partial charge in [0.2, 0.25) is 0 Å². The SMILES string of the molecule is CCOC(=O)Cc1ccccc1OCc1nn(CC)c2ccc(Br)cc12. The molecule has 0 saturated carbocycles. The number of ether oxygens (including phenoxy) is 2. The zero-order valence-electron chi connectivity index (χ0n) is 14.9. The smallest absolute Gasteiger partial charge is 0.310 e. The molecule has 0 saturated heterocycles. The minimum Gasteiger partial charge on any atom is -0.487 e. The maximum absolute atomic E-state index is 11.8. The van der Waals surface area contributed by atoms with E-state index in [0.717, 1.165) is 33.2 Å². The normalized spacial score (nSPS) is 10.9. The van der Waals surface area contributed by atoms with Crippen LogP contribution in [0.15, 0.2) is 46.9 Å². The molecule has 2 aromatic carbocycles. The van der Waals surface area contributed by atoms with Gasteiger partial charge in [0.1, 0.15) is 18.1 Å². The number of hydrogen-bond donors (Lipinski definition) is 0. The van der Waals surface area contributed by atoms with E-state index in [-0.39, 0.29) is 12.4 Å². The van der Waals surface area contributed by atoms with Gasteiger partial charge in [-0.05, 0) is 38.1 Å². The molecule has 0 amide bonds. The molecule has 0 radical (unpaired) electrons. The molecule has 5 nitrogen and oxygen atoms in total. The molecule has 0 aliphatic heterocycles. The van der Waals surface area contributed by atoms with Gasteiger partial charge in [-0.3, -0.25) is 9.48 Å². The monoisotopic (exact) mass is 416 g/mol. The lowest BCUT2D eigenvalue weighted by molar-refractivity contribution is -0.142. The molecule has 0 spiro atoms. The maximum Gasteiger partial charge on any atom is 0.310 e. The summed E-state index contributed by atoms with van der Waals surface area (Å²) in [7, 11) is 0. The standard InChI is InChI=1S/C20H21BrN2O3/c1-3-23-18-10-9-15(21)12-16(18)17(22-23)13-26-19-8-6-5-7-14(19)11-20(24)25-4-2/h5-10,12H,3-4,11,13H2,1-2H3. The third-order valence-corrected chi connectivity index (χ3v) is 4.56. The Balaban J connectivity index is 1.83. The molecule has 1 heterocycles. The third kappa shape index (κ3) is 4.07. The van der Waals surface area contributed by atoms with E-state index in [4.69, 9.17) is 9.47 Å². The molecule has 136 valence electrons. The zero-order valence-corrected chi connectivity index (χ0v) is 16.5. The Hall–Kier alpha value is -2.34. The number of carbonyl (C=O) groups is 1. The fourth-order valence-corrected chi connectivity index (χ4v) is 3.23. The van der Waals surface area contributed by atoms with E-state index in [2.05, 4.69) is 34.0 Å². The van der Waals surface area contributed by atoms with Gasteiger partial charge < -0.3 is 9.47 Å². The van der Waals surface area contributed by atoms with E-state index < -0.39 is 0 Å². The number of para-hydroxylation sites is 1. The molecular weight excluding hydrogens is 396 g/mol. The Morgan fingerprint density at radius 3 is 2.77 bits per heavy atom. The van der Waals surface area contributed by atoms with E-state index in [1.165, 1.54) is 0 Å². The van der Waals surface area contributed by atoms with Gasteiger partial charge in [-0.15, -0.1) is 0 Å².